The van der Waals surface area contributed by atoms with E-state index in [1.165, 1.54) is 24.5 Å². The molecule has 1 atom stereocenters. The van der Waals surface area contributed by atoms with Gasteiger partial charge in [-0.3, -0.25) is 0 Å². The second-order valence-corrected chi connectivity index (χ2v) is 8.67. The fourth-order valence-corrected chi connectivity index (χ4v) is 3.74. The van der Waals surface area contributed by atoms with Crippen molar-refractivity contribution >= 4 is 21.4 Å². The predicted molar refractivity (Wildman–Crippen MR) is 101 cm³/mol. The van der Waals surface area contributed by atoms with Crippen LogP contribution >= 0.6 is 0 Å². The number of halogens is 1. The van der Waals surface area contributed by atoms with E-state index in [-0.39, 0.29) is 29.6 Å². The average molecular weight is 381 g/mol. The normalized spacial score (nSPS) is 18.7. The van der Waals surface area contributed by atoms with Crippen LogP contribution in [0.3, 0.4) is 0 Å². The van der Waals surface area contributed by atoms with Crippen LogP contribution in [0.25, 0.3) is 0 Å². The number of hydrogen-bond donors (Lipinski definition) is 1. The first kappa shape index (κ1) is 20.4. The molecule has 0 saturated carbocycles. The Morgan fingerprint density at radius 1 is 1.31 bits per heavy atom. The van der Waals surface area contributed by atoms with E-state index in [0.717, 1.165) is 17.0 Å². The van der Waals surface area contributed by atoms with Gasteiger partial charge in [-0.05, 0) is 30.2 Å². The van der Waals surface area contributed by atoms with Crippen LogP contribution in [0.1, 0.15) is 25.8 Å². The molecule has 1 unspecified atom stereocenters. The molecular formula is C18H26FN4O2S+. The topological polar surface area (TPSA) is 78.8 Å². The Morgan fingerprint density at radius 2 is 1.92 bits per heavy atom. The summed E-state index contributed by atoms with van der Waals surface area (Å²) < 4.78 is 41.1. The summed E-state index contributed by atoms with van der Waals surface area (Å²) >= 11 is 0. The first-order chi connectivity index (χ1) is 12.2. The largest absolute Gasteiger partial charge is 0.327 e. The Labute approximate surface area is 154 Å². The fraction of sp³-hybridized carbons (Fsp3) is 0.444. The zero-order valence-corrected chi connectivity index (χ0v) is 16.4. The molecule has 142 valence electrons. The molecule has 1 aliphatic heterocycles. The number of hydrazone groups is 1. The van der Waals surface area contributed by atoms with Crippen molar-refractivity contribution < 1.29 is 17.5 Å². The highest BCUT2D eigenvalue weighted by molar-refractivity contribution is 7.89. The van der Waals surface area contributed by atoms with Gasteiger partial charge in [0, 0.05) is 39.5 Å². The van der Waals surface area contributed by atoms with Crippen LogP contribution < -0.4 is 5.73 Å². The molecule has 1 heterocycles. The van der Waals surface area contributed by atoms with Crippen molar-refractivity contribution in [2.24, 2.45) is 16.8 Å². The molecule has 0 radical (unpaired) electrons. The zero-order chi connectivity index (χ0) is 19.5. The Bertz CT molecular complexity index is 856. The molecule has 2 N–H and O–H groups in total. The fourth-order valence-electron chi connectivity index (χ4n) is 2.83. The van der Waals surface area contributed by atoms with Crippen molar-refractivity contribution in [3.8, 4) is 0 Å². The quantitative estimate of drug-likeness (QED) is 0.735. The second-order valence-electron chi connectivity index (χ2n) is 6.52. The highest BCUT2D eigenvalue weighted by Gasteiger charge is 2.33. The van der Waals surface area contributed by atoms with Crippen LogP contribution in [0.15, 0.2) is 46.2 Å². The number of allylic oxidation sites excluding steroid dienone is 1. The van der Waals surface area contributed by atoms with Crippen LogP contribution in [0.4, 0.5) is 4.39 Å². The van der Waals surface area contributed by atoms with Gasteiger partial charge in [-0.2, -0.15) is 0 Å². The van der Waals surface area contributed by atoms with Crippen LogP contribution in [0.2, 0.25) is 0 Å². The van der Waals surface area contributed by atoms with Gasteiger partial charge in [-0.25, -0.2) is 17.1 Å². The number of hydrogen-bond acceptors (Lipinski definition) is 4. The molecule has 0 spiro atoms. The maximum absolute atomic E-state index is 13.8. The van der Waals surface area contributed by atoms with Gasteiger partial charge in [0.25, 0.3) is 0 Å². The Balaban J connectivity index is 2.18. The lowest BCUT2D eigenvalue weighted by molar-refractivity contribution is -0.547. The summed E-state index contributed by atoms with van der Waals surface area (Å²) in [6.45, 7) is 4.51. The Hall–Kier alpha value is -1.90. The lowest BCUT2D eigenvalue weighted by Gasteiger charge is -2.11. The van der Waals surface area contributed by atoms with E-state index >= 15 is 0 Å². The van der Waals surface area contributed by atoms with Crippen molar-refractivity contribution in [1.82, 2.24) is 4.31 Å². The predicted octanol–water partition coefficient (Wildman–Crippen LogP) is 2.12. The molecule has 1 aromatic carbocycles. The highest BCUT2D eigenvalue weighted by atomic mass is 32.2. The van der Waals surface area contributed by atoms with Crippen molar-refractivity contribution in [3.63, 3.8) is 0 Å². The molecule has 0 amide bonds. The molecular weight excluding hydrogens is 355 g/mol. The third-order valence-electron chi connectivity index (χ3n) is 4.47. The third kappa shape index (κ3) is 4.44. The number of rotatable bonds is 7. The van der Waals surface area contributed by atoms with Gasteiger partial charge in [-0.15, -0.1) is 0 Å². The highest BCUT2D eigenvalue weighted by Crippen LogP contribution is 2.22. The average Bonchev–Trinajstić information content (AvgIpc) is 2.83. The van der Waals surface area contributed by atoms with Gasteiger partial charge >= 0.3 is 0 Å². The first-order valence-electron chi connectivity index (χ1n) is 8.39. The summed E-state index contributed by atoms with van der Waals surface area (Å²) in [5.41, 5.74) is 8.10. The van der Waals surface area contributed by atoms with Crippen molar-refractivity contribution in [3.05, 3.63) is 41.7 Å². The van der Waals surface area contributed by atoms with E-state index in [0.29, 0.717) is 6.54 Å². The number of benzene rings is 1. The summed E-state index contributed by atoms with van der Waals surface area (Å²) in [5, 5.41) is 4.52. The van der Waals surface area contributed by atoms with Crippen LogP contribution in [0.5, 0.6) is 0 Å². The van der Waals surface area contributed by atoms with E-state index in [1.54, 1.807) is 24.3 Å². The summed E-state index contributed by atoms with van der Waals surface area (Å²) in [5.74, 6) is -0.308. The molecule has 1 aromatic rings. The van der Waals surface area contributed by atoms with E-state index in [2.05, 4.69) is 5.10 Å². The summed E-state index contributed by atoms with van der Waals surface area (Å²) in [6.07, 6.45) is 1.64. The Kier molecular flexibility index (Phi) is 6.44. The molecule has 2 rings (SSSR count). The molecule has 6 nitrogen and oxygen atoms in total. The van der Waals surface area contributed by atoms with Crippen molar-refractivity contribution in [2.45, 2.75) is 31.7 Å². The number of sulfonamides is 1. The molecule has 1 aliphatic rings. The molecule has 0 bridgehead atoms. The lowest BCUT2D eigenvalue weighted by Crippen LogP contribution is -2.22. The third-order valence-corrected chi connectivity index (χ3v) is 6.30. The number of nitrogens with zero attached hydrogens (tertiary/aromatic N) is 3. The molecule has 26 heavy (non-hydrogen) atoms. The summed E-state index contributed by atoms with van der Waals surface area (Å²) in [7, 11) is -0.436. The molecule has 0 saturated heterocycles. The first-order valence-corrected chi connectivity index (χ1v) is 9.83. The molecule has 0 aliphatic carbocycles. The molecule has 0 aromatic heterocycles. The van der Waals surface area contributed by atoms with Gasteiger partial charge in [-0.1, -0.05) is 16.8 Å². The van der Waals surface area contributed by atoms with E-state index in [1.807, 2.05) is 18.5 Å². The standard InChI is InChI=1S/C18H26FN4O2S/c1-13-18(11-16(19)9-10-20)14(2)23(21-13)12-15-5-7-17(8-6-15)26(24,25)22(3)4/h5-9,18H,10-12,20H2,1-4H3/q+1/b16-9-. The van der Waals surface area contributed by atoms with Crippen LogP contribution in [-0.4, -0.2) is 49.5 Å². The van der Waals surface area contributed by atoms with Crippen LogP contribution in [0, 0.1) is 5.92 Å². The zero-order valence-electron chi connectivity index (χ0n) is 15.6. The lowest BCUT2D eigenvalue weighted by atomic mass is 9.95. The summed E-state index contributed by atoms with van der Waals surface area (Å²) in [4.78, 5) is 0.250. The van der Waals surface area contributed by atoms with E-state index in [9.17, 15) is 12.8 Å². The maximum atomic E-state index is 13.8. The number of nitrogens with two attached hydrogens (primary N) is 1. The summed E-state index contributed by atoms with van der Waals surface area (Å²) in [6, 6.07) is 6.73. The second kappa shape index (κ2) is 8.20. The van der Waals surface area contributed by atoms with E-state index < -0.39 is 10.0 Å². The van der Waals surface area contributed by atoms with Crippen molar-refractivity contribution in [1.29, 1.82) is 0 Å². The smallest absolute Gasteiger partial charge is 0.242 e. The minimum absolute atomic E-state index is 0.0776. The van der Waals surface area contributed by atoms with Gasteiger partial charge in [0.1, 0.15) is 0 Å². The van der Waals surface area contributed by atoms with Crippen molar-refractivity contribution in [2.75, 3.05) is 20.6 Å². The van der Waals surface area contributed by atoms with Gasteiger partial charge < -0.3 is 5.73 Å². The maximum Gasteiger partial charge on any atom is 0.242 e. The minimum Gasteiger partial charge on any atom is -0.327 e. The van der Waals surface area contributed by atoms with E-state index in [4.69, 9.17) is 5.73 Å². The Morgan fingerprint density at radius 3 is 2.46 bits per heavy atom. The molecule has 8 heteroatoms. The molecule has 0 fully saturated rings. The van der Waals surface area contributed by atoms with Gasteiger partial charge in [0.2, 0.25) is 10.0 Å². The monoisotopic (exact) mass is 381 g/mol. The van der Waals surface area contributed by atoms with Crippen LogP contribution in [-0.2, 0) is 16.6 Å². The van der Waals surface area contributed by atoms with Gasteiger partial charge in [0.15, 0.2) is 12.3 Å². The van der Waals surface area contributed by atoms with Gasteiger partial charge in [0.05, 0.1) is 22.4 Å². The minimum atomic E-state index is -3.44. The SMILES string of the molecule is CC1=N[N+](Cc2ccc(S(=O)(=O)N(C)C)cc2)=C(C)C1C/C(F)=C/CN.